The van der Waals surface area contributed by atoms with Gasteiger partial charge in [0.25, 0.3) is 0 Å². The maximum Gasteiger partial charge on any atom is 0.417 e. The molecule has 1 atom stereocenters. The standard InChI is InChI=1S/C13H11F3N2O2/c14-13(15,16)10-4-3-9(6-8(10)7-17)18-5-1-2-11(18)12(19)20/h3-4,6,11H,1-2,5H2,(H,19,20)/t11-/m0/s1. The summed E-state index contributed by atoms with van der Waals surface area (Å²) in [6, 6.07) is 3.90. The van der Waals surface area contributed by atoms with Gasteiger partial charge in [-0.15, -0.1) is 0 Å². The van der Waals surface area contributed by atoms with Gasteiger partial charge in [-0.3, -0.25) is 0 Å². The Morgan fingerprint density at radius 3 is 2.70 bits per heavy atom. The normalized spacial score (nSPS) is 18.9. The monoisotopic (exact) mass is 284 g/mol. The van der Waals surface area contributed by atoms with E-state index in [9.17, 15) is 18.0 Å². The summed E-state index contributed by atoms with van der Waals surface area (Å²) >= 11 is 0. The van der Waals surface area contributed by atoms with Crippen molar-refractivity contribution in [1.82, 2.24) is 0 Å². The number of anilines is 1. The van der Waals surface area contributed by atoms with Crippen LogP contribution in [0.3, 0.4) is 0 Å². The van der Waals surface area contributed by atoms with E-state index < -0.39 is 29.3 Å². The Hall–Kier alpha value is -2.23. The van der Waals surface area contributed by atoms with Crippen LogP contribution >= 0.6 is 0 Å². The fraction of sp³-hybridized carbons (Fsp3) is 0.385. The summed E-state index contributed by atoms with van der Waals surface area (Å²) in [5.74, 6) is -1.01. The fourth-order valence-electron chi connectivity index (χ4n) is 2.38. The first-order chi connectivity index (χ1) is 9.34. The van der Waals surface area contributed by atoms with Crippen molar-refractivity contribution >= 4 is 11.7 Å². The summed E-state index contributed by atoms with van der Waals surface area (Å²) in [4.78, 5) is 12.6. The molecule has 7 heteroatoms. The highest BCUT2D eigenvalue weighted by Gasteiger charge is 2.35. The van der Waals surface area contributed by atoms with Crippen molar-refractivity contribution in [3.63, 3.8) is 0 Å². The topological polar surface area (TPSA) is 64.3 Å². The molecule has 1 fully saturated rings. The van der Waals surface area contributed by atoms with Crippen LogP contribution in [-0.4, -0.2) is 23.7 Å². The minimum Gasteiger partial charge on any atom is -0.480 e. The summed E-state index contributed by atoms with van der Waals surface area (Å²) in [5, 5.41) is 17.9. The predicted molar refractivity (Wildman–Crippen MR) is 64.2 cm³/mol. The molecule has 20 heavy (non-hydrogen) atoms. The van der Waals surface area contributed by atoms with E-state index in [0.717, 1.165) is 12.1 Å². The lowest BCUT2D eigenvalue weighted by Crippen LogP contribution is -2.35. The number of nitriles is 1. The van der Waals surface area contributed by atoms with Crippen LogP contribution in [0.5, 0.6) is 0 Å². The molecule has 1 aliphatic heterocycles. The third-order valence-corrected chi connectivity index (χ3v) is 3.30. The second-order valence-corrected chi connectivity index (χ2v) is 4.53. The molecule has 1 saturated heterocycles. The van der Waals surface area contributed by atoms with Crippen LogP contribution in [0.2, 0.25) is 0 Å². The van der Waals surface area contributed by atoms with Gasteiger partial charge in [-0.2, -0.15) is 18.4 Å². The number of alkyl halides is 3. The summed E-state index contributed by atoms with van der Waals surface area (Å²) in [6.07, 6.45) is -3.50. The minimum atomic E-state index is -4.60. The number of hydrogen-bond acceptors (Lipinski definition) is 3. The molecule has 0 spiro atoms. The van der Waals surface area contributed by atoms with Gasteiger partial charge in [0.1, 0.15) is 6.04 Å². The predicted octanol–water partition coefficient (Wildman–Crippen LogP) is 2.63. The van der Waals surface area contributed by atoms with E-state index in [-0.39, 0.29) is 0 Å². The van der Waals surface area contributed by atoms with Crippen molar-refractivity contribution in [2.45, 2.75) is 25.1 Å². The van der Waals surface area contributed by atoms with Crippen LogP contribution in [-0.2, 0) is 11.0 Å². The lowest BCUT2D eigenvalue weighted by molar-refractivity contribution is -0.139. The van der Waals surface area contributed by atoms with Crippen molar-refractivity contribution in [2.24, 2.45) is 0 Å². The lowest BCUT2D eigenvalue weighted by atomic mass is 10.1. The molecule has 1 aromatic rings. The average Bonchev–Trinajstić information content (AvgIpc) is 2.86. The van der Waals surface area contributed by atoms with E-state index in [2.05, 4.69) is 0 Å². The van der Waals surface area contributed by atoms with Crippen LogP contribution in [0.25, 0.3) is 0 Å². The quantitative estimate of drug-likeness (QED) is 0.906. The fourth-order valence-corrected chi connectivity index (χ4v) is 2.38. The number of benzene rings is 1. The number of hydrogen-bond donors (Lipinski definition) is 1. The number of carboxylic acid groups (broad SMARTS) is 1. The molecule has 1 aromatic carbocycles. The van der Waals surface area contributed by atoms with Gasteiger partial charge in [0.05, 0.1) is 17.2 Å². The molecule has 0 aromatic heterocycles. The maximum atomic E-state index is 12.7. The van der Waals surface area contributed by atoms with Gasteiger partial charge in [-0.05, 0) is 31.0 Å². The first-order valence-electron chi connectivity index (χ1n) is 5.95. The Morgan fingerprint density at radius 2 is 2.15 bits per heavy atom. The molecule has 2 rings (SSSR count). The summed E-state index contributed by atoms with van der Waals surface area (Å²) in [5.41, 5.74) is -1.17. The van der Waals surface area contributed by atoms with Gasteiger partial charge < -0.3 is 10.0 Å². The van der Waals surface area contributed by atoms with E-state index >= 15 is 0 Å². The molecule has 4 nitrogen and oxygen atoms in total. The van der Waals surface area contributed by atoms with Crippen molar-refractivity contribution in [3.8, 4) is 6.07 Å². The minimum absolute atomic E-state index is 0.333. The highest BCUT2D eigenvalue weighted by Crippen LogP contribution is 2.35. The third-order valence-electron chi connectivity index (χ3n) is 3.30. The molecule has 0 bridgehead atoms. The van der Waals surface area contributed by atoms with Gasteiger partial charge in [0, 0.05) is 12.2 Å². The summed E-state index contributed by atoms with van der Waals surface area (Å²) < 4.78 is 38.1. The highest BCUT2D eigenvalue weighted by molar-refractivity contribution is 5.79. The zero-order valence-corrected chi connectivity index (χ0v) is 10.3. The van der Waals surface area contributed by atoms with E-state index in [0.29, 0.717) is 25.1 Å². The smallest absolute Gasteiger partial charge is 0.417 e. The molecular weight excluding hydrogens is 273 g/mol. The molecule has 0 aliphatic carbocycles. The van der Waals surface area contributed by atoms with Gasteiger partial charge >= 0.3 is 12.1 Å². The number of aliphatic carboxylic acids is 1. The third kappa shape index (κ3) is 2.54. The molecule has 0 amide bonds. The van der Waals surface area contributed by atoms with E-state index in [1.54, 1.807) is 0 Å². The summed E-state index contributed by atoms with van der Waals surface area (Å²) in [7, 11) is 0. The van der Waals surface area contributed by atoms with Gasteiger partial charge in [-0.25, -0.2) is 4.79 Å². The SMILES string of the molecule is N#Cc1cc(N2CCC[C@H]2C(=O)O)ccc1C(F)(F)F. The molecule has 1 aliphatic rings. The summed E-state index contributed by atoms with van der Waals surface area (Å²) in [6.45, 7) is 0.452. The zero-order valence-electron chi connectivity index (χ0n) is 10.3. The van der Waals surface area contributed by atoms with Crippen LogP contribution in [0.4, 0.5) is 18.9 Å². The van der Waals surface area contributed by atoms with E-state index in [4.69, 9.17) is 10.4 Å². The second kappa shape index (κ2) is 5.04. The van der Waals surface area contributed by atoms with Gasteiger partial charge in [0.15, 0.2) is 0 Å². The highest BCUT2D eigenvalue weighted by atomic mass is 19.4. The van der Waals surface area contributed by atoms with Crippen LogP contribution < -0.4 is 4.90 Å². The number of nitrogens with zero attached hydrogens (tertiary/aromatic N) is 2. The first kappa shape index (κ1) is 14.2. The van der Waals surface area contributed by atoms with Crippen molar-refractivity contribution < 1.29 is 23.1 Å². The van der Waals surface area contributed by atoms with E-state index in [1.165, 1.54) is 17.0 Å². The van der Waals surface area contributed by atoms with Crippen molar-refractivity contribution in [3.05, 3.63) is 29.3 Å². The molecule has 0 saturated carbocycles. The Bertz CT molecular complexity index is 578. The second-order valence-electron chi connectivity index (χ2n) is 4.53. The molecule has 106 valence electrons. The Labute approximate surface area is 113 Å². The van der Waals surface area contributed by atoms with Crippen LogP contribution in [0.15, 0.2) is 18.2 Å². The molecule has 0 radical (unpaired) electrons. The average molecular weight is 284 g/mol. The van der Waals surface area contributed by atoms with Crippen LogP contribution in [0, 0.1) is 11.3 Å². The van der Waals surface area contributed by atoms with Gasteiger partial charge in [-0.1, -0.05) is 0 Å². The zero-order chi connectivity index (χ0) is 14.9. The van der Waals surface area contributed by atoms with E-state index in [1.807, 2.05) is 0 Å². The number of carboxylic acids is 1. The molecule has 0 unspecified atom stereocenters. The molecule has 1 heterocycles. The Balaban J connectivity index is 2.40. The van der Waals surface area contributed by atoms with Crippen molar-refractivity contribution in [1.29, 1.82) is 5.26 Å². The number of rotatable bonds is 2. The van der Waals surface area contributed by atoms with Crippen LogP contribution in [0.1, 0.15) is 24.0 Å². The first-order valence-corrected chi connectivity index (χ1v) is 5.95. The lowest BCUT2D eigenvalue weighted by Gasteiger charge is -2.24. The Morgan fingerprint density at radius 1 is 1.45 bits per heavy atom. The molecular formula is C13H11F3N2O2. The van der Waals surface area contributed by atoms with Gasteiger partial charge in [0.2, 0.25) is 0 Å². The Kier molecular flexibility index (Phi) is 3.57. The van der Waals surface area contributed by atoms with Crippen molar-refractivity contribution in [2.75, 3.05) is 11.4 Å². The maximum absolute atomic E-state index is 12.7. The largest absolute Gasteiger partial charge is 0.480 e. The molecule has 1 N–H and O–H groups in total. The number of halogens is 3. The number of carbonyl (C=O) groups is 1.